The molecule has 0 saturated carbocycles. The first-order valence-corrected chi connectivity index (χ1v) is 4.66. The Balaban J connectivity index is 2.01. The van der Waals surface area contributed by atoms with Gasteiger partial charge in [0.1, 0.15) is 0 Å². The standard InChI is InChI=1S/C9H17NO/c1-8-6-10-4-2-9(8)3-5-11-7-10/h8-9H,2-7H2,1H3/t8?,9-/m1/s1. The van der Waals surface area contributed by atoms with Gasteiger partial charge in [0.25, 0.3) is 0 Å². The first kappa shape index (κ1) is 7.56. The third-order valence-corrected chi connectivity index (χ3v) is 3.07. The van der Waals surface area contributed by atoms with E-state index in [1.54, 1.807) is 0 Å². The van der Waals surface area contributed by atoms with Gasteiger partial charge in [-0.25, -0.2) is 0 Å². The van der Waals surface area contributed by atoms with Crippen molar-refractivity contribution in [3.8, 4) is 0 Å². The molecule has 2 nitrogen and oxygen atoms in total. The molecule has 0 amide bonds. The van der Waals surface area contributed by atoms with E-state index in [0.29, 0.717) is 0 Å². The molecule has 11 heavy (non-hydrogen) atoms. The molecule has 3 rings (SSSR count). The van der Waals surface area contributed by atoms with Gasteiger partial charge in [-0.1, -0.05) is 6.92 Å². The summed E-state index contributed by atoms with van der Waals surface area (Å²) < 4.78 is 5.48. The number of piperidine rings is 1. The predicted molar refractivity (Wildman–Crippen MR) is 44.3 cm³/mol. The molecule has 3 aliphatic rings. The van der Waals surface area contributed by atoms with Crippen LogP contribution in [0.5, 0.6) is 0 Å². The molecular weight excluding hydrogens is 138 g/mol. The lowest BCUT2D eigenvalue weighted by molar-refractivity contribution is -0.0421. The summed E-state index contributed by atoms with van der Waals surface area (Å²) in [5, 5.41) is 0. The molecule has 0 radical (unpaired) electrons. The first-order chi connectivity index (χ1) is 5.36. The Labute approximate surface area is 68.5 Å². The number of fused-ring (bicyclic) bond motifs is 5. The average Bonchev–Trinajstić information content (AvgIpc) is 1.92. The highest BCUT2D eigenvalue weighted by Gasteiger charge is 2.27. The highest BCUT2D eigenvalue weighted by molar-refractivity contribution is 4.78. The summed E-state index contributed by atoms with van der Waals surface area (Å²) >= 11 is 0. The summed E-state index contributed by atoms with van der Waals surface area (Å²) in [6.07, 6.45) is 2.68. The van der Waals surface area contributed by atoms with Gasteiger partial charge in [-0.05, 0) is 24.7 Å². The lowest BCUT2D eigenvalue weighted by atomic mass is 9.84. The maximum atomic E-state index is 5.48. The van der Waals surface area contributed by atoms with Crippen LogP contribution >= 0.6 is 0 Å². The molecule has 0 aromatic carbocycles. The molecule has 3 fully saturated rings. The molecule has 3 saturated heterocycles. The molecule has 64 valence electrons. The van der Waals surface area contributed by atoms with Crippen LogP contribution in [0.3, 0.4) is 0 Å². The van der Waals surface area contributed by atoms with Crippen molar-refractivity contribution in [2.75, 3.05) is 26.4 Å². The molecule has 3 atom stereocenters. The summed E-state index contributed by atoms with van der Waals surface area (Å²) in [6.45, 7) is 6.74. The first-order valence-electron chi connectivity index (χ1n) is 4.66. The minimum absolute atomic E-state index is 0.872. The van der Waals surface area contributed by atoms with E-state index in [1.807, 2.05) is 0 Å². The third-order valence-electron chi connectivity index (χ3n) is 3.07. The van der Waals surface area contributed by atoms with Gasteiger partial charge in [0.05, 0.1) is 6.73 Å². The van der Waals surface area contributed by atoms with Crippen LogP contribution in [0.2, 0.25) is 0 Å². The molecule has 0 spiro atoms. The smallest absolute Gasteiger partial charge is 0.0990 e. The Hall–Kier alpha value is -0.0800. The normalized spacial score (nSPS) is 45.0. The highest BCUT2D eigenvalue weighted by atomic mass is 16.5. The van der Waals surface area contributed by atoms with Crippen LogP contribution < -0.4 is 0 Å². The summed E-state index contributed by atoms with van der Waals surface area (Å²) in [4.78, 5) is 2.43. The molecule has 0 aromatic rings. The molecule has 2 heteroatoms. The van der Waals surface area contributed by atoms with Gasteiger partial charge in [-0.15, -0.1) is 0 Å². The fourth-order valence-electron chi connectivity index (χ4n) is 2.26. The second-order valence-corrected chi connectivity index (χ2v) is 3.93. The summed E-state index contributed by atoms with van der Waals surface area (Å²) in [7, 11) is 0. The number of hydrogen-bond acceptors (Lipinski definition) is 2. The van der Waals surface area contributed by atoms with Crippen molar-refractivity contribution >= 4 is 0 Å². The summed E-state index contributed by atoms with van der Waals surface area (Å²) in [5.74, 6) is 1.83. The van der Waals surface area contributed by atoms with Gasteiger partial charge >= 0.3 is 0 Å². The molecule has 3 aliphatic heterocycles. The fraction of sp³-hybridized carbons (Fsp3) is 1.00. The van der Waals surface area contributed by atoms with Crippen molar-refractivity contribution in [1.82, 2.24) is 4.90 Å². The van der Waals surface area contributed by atoms with Crippen LogP contribution in [-0.2, 0) is 4.74 Å². The molecule has 0 aliphatic carbocycles. The van der Waals surface area contributed by atoms with E-state index >= 15 is 0 Å². The quantitative estimate of drug-likeness (QED) is 0.523. The van der Waals surface area contributed by atoms with Gasteiger partial charge in [0.2, 0.25) is 0 Å². The lowest BCUT2D eigenvalue weighted by Crippen LogP contribution is -2.43. The lowest BCUT2D eigenvalue weighted by Gasteiger charge is -2.39. The van der Waals surface area contributed by atoms with Crippen LogP contribution in [0.4, 0.5) is 0 Å². The zero-order valence-electron chi connectivity index (χ0n) is 7.25. The number of hydrogen-bond donors (Lipinski definition) is 0. The molecule has 0 aromatic heterocycles. The van der Waals surface area contributed by atoms with Crippen LogP contribution in [-0.4, -0.2) is 31.3 Å². The zero-order chi connectivity index (χ0) is 7.68. The van der Waals surface area contributed by atoms with E-state index in [2.05, 4.69) is 11.8 Å². The van der Waals surface area contributed by atoms with E-state index in [0.717, 1.165) is 25.2 Å². The van der Waals surface area contributed by atoms with Gasteiger partial charge in [-0.3, -0.25) is 4.90 Å². The fourth-order valence-corrected chi connectivity index (χ4v) is 2.26. The number of ether oxygens (including phenoxy) is 1. The van der Waals surface area contributed by atoms with Crippen molar-refractivity contribution in [3.63, 3.8) is 0 Å². The maximum Gasteiger partial charge on any atom is 0.0990 e. The van der Waals surface area contributed by atoms with Crippen molar-refractivity contribution in [1.29, 1.82) is 0 Å². The molecule has 2 unspecified atom stereocenters. The summed E-state index contributed by atoms with van der Waals surface area (Å²) in [6, 6.07) is 0. The Kier molecular flexibility index (Phi) is 2.14. The molecular formula is C9H17NO. The van der Waals surface area contributed by atoms with Crippen LogP contribution in [0.15, 0.2) is 0 Å². The molecule has 0 N–H and O–H groups in total. The van der Waals surface area contributed by atoms with Crippen molar-refractivity contribution in [3.05, 3.63) is 0 Å². The second-order valence-electron chi connectivity index (χ2n) is 3.93. The van der Waals surface area contributed by atoms with Gasteiger partial charge in [-0.2, -0.15) is 0 Å². The second kappa shape index (κ2) is 3.11. The van der Waals surface area contributed by atoms with E-state index < -0.39 is 0 Å². The van der Waals surface area contributed by atoms with E-state index in [4.69, 9.17) is 4.74 Å². The maximum absolute atomic E-state index is 5.48. The third kappa shape index (κ3) is 1.57. The van der Waals surface area contributed by atoms with E-state index in [-0.39, 0.29) is 0 Å². The SMILES string of the molecule is CC1CN2CC[C@@H]1CCOC2. The van der Waals surface area contributed by atoms with Gasteiger partial charge in [0, 0.05) is 19.7 Å². The van der Waals surface area contributed by atoms with Crippen molar-refractivity contribution in [2.45, 2.75) is 19.8 Å². The van der Waals surface area contributed by atoms with Crippen molar-refractivity contribution in [2.24, 2.45) is 11.8 Å². The average molecular weight is 155 g/mol. The zero-order valence-corrected chi connectivity index (χ0v) is 7.25. The largest absolute Gasteiger partial charge is 0.366 e. The monoisotopic (exact) mass is 155 g/mol. The number of nitrogens with zero attached hydrogens (tertiary/aromatic N) is 1. The highest BCUT2D eigenvalue weighted by Crippen LogP contribution is 2.27. The van der Waals surface area contributed by atoms with E-state index in [1.165, 1.54) is 25.9 Å². The Morgan fingerprint density at radius 1 is 1.36 bits per heavy atom. The van der Waals surface area contributed by atoms with Crippen molar-refractivity contribution < 1.29 is 4.74 Å². The Morgan fingerprint density at radius 2 is 2.27 bits per heavy atom. The minimum Gasteiger partial charge on any atom is -0.366 e. The van der Waals surface area contributed by atoms with Crippen LogP contribution in [0.1, 0.15) is 19.8 Å². The predicted octanol–water partition coefficient (Wildman–Crippen LogP) is 1.32. The number of rotatable bonds is 0. The molecule has 3 heterocycles. The van der Waals surface area contributed by atoms with Gasteiger partial charge < -0.3 is 4.74 Å². The van der Waals surface area contributed by atoms with Crippen LogP contribution in [0, 0.1) is 11.8 Å². The van der Waals surface area contributed by atoms with Crippen LogP contribution in [0.25, 0.3) is 0 Å². The van der Waals surface area contributed by atoms with E-state index in [9.17, 15) is 0 Å². The minimum atomic E-state index is 0.872. The molecule has 2 bridgehead atoms. The Morgan fingerprint density at radius 3 is 3.09 bits per heavy atom. The topological polar surface area (TPSA) is 12.5 Å². The summed E-state index contributed by atoms with van der Waals surface area (Å²) in [5.41, 5.74) is 0. The Bertz CT molecular complexity index is 134. The van der Waals surface area contributed by atoms with Gasteiger partial charge in [0.15, 0.2) is 0 Å².